The van der Waals surface area contributed by atoms with Crippen molar-refractivity contribution in [1.82, 2.24) is 10.0 Å². The van der Waals surface area contributed by atoms with Crippen molar-refractivity contribution < 1.29 is 44.3 Å². The van der Waals surface area contributed by atoms with Crippen LogP contribution in [0.4, 0.5) is 39.5 Å². The molecule has 0 fully saturated rings. The molecule has 4 N–H and O–H groups in total. The van der Waals surface area contributed by atoms with E-state index in [0.717, 1.165) is 11.0 Å². The van der Waals surface area contributed by atoms with Crippen molar-refractivity contribution in [3.8, 4) is 0 Å². The van der Waals surface area contributed by atoms with E-state index in [2.05, 4.69) is 18.9 Å². The van der Waals surface area contributed by atoms with Crippen molar-refractivity contribution >= 4 is 11.7 Å². The Kier molecular flexibility index (Phi) is 14.0. The molecule has 0 spiro atoms. The molecule has 0 saturated carbocycles. The number of hydrazone groups is 1. The van der Waals surface area contributed by atoms with Crippen LogP contribution in [0.3, 0.4) is 0 Å². The lowest BCUT2D eigenvalue weighted by atomic mass is 9.94. The Morgan fingerprint density at radius 2 is 1.27 bits per heavy atom. The zero-order valence-corrected chi connectivity index (χ0v) is 25.1. The normalized spacial score (nSPS) is 12.6. The Labute approximate surface area is 250 Å². The van der Waals surface area contributed by atoms with Gasteiger partial charge < -0.3 is 10.6 Å². The minimum Gasteiger partial charge on any atom is -0.368 e. The van der Waals surface area contributed by atoms with Gasteiger partial charge in [-0.25, -0.2) is 11.0 Å². The second kappa shape index (κ2) is 16.0. The highest BCUT2D eigenvalue weighted by molar-refractivity contribution is 5.99. The summed E-state index contributed by atoms with van der Waals surface area (Å²) in [7, 11) is 1.20. The Bertz CT molecular complexity index is 1220. The van der Waals surface area contributed by atoms with Gasteiger partial charge in [-0.2, -0.15) is 39.5 Å². The first-order chi connectivity index (χ1) is 20.1. The first-order valence-electron chi connectivity index (χ1n) is 13.7. The average Bonchev–Trinajstić information content (AvgIpc) is 2.89. The number of hydrazine groups is 1. The van der Waals surface area contributed by atoms with Gasteiger partial charge in [0, 0.05) is 31.6 Å². The molecule has 0 amide bonds. The highest BCUT2D eigenvalue weighted by atomic mass is 19.4. The molecule has 0 aromatic heterocycles. The molecule has 15 heteroatoms. The van der Waals surface area contributed by atoms with Crippen molar-refractivity contribution in [2.24, 2.45) is 22.6 Å². The molecule has 0 saturated heterocycles. The average molecular weight is 644 g/mol. The van der Waals surface area contributed by atoms with Crippen molar-refractivity contribution in [3.63, 3.8) is 0 Å². The summed E-state index contributed by atoms with van der Waals surface area (Å²) in [5.74, 6) is 3.69. The lowest BCUT2D eigenvalue weighted by molar-refractivity contribution is -0.143. The number of nitrogens with two attached hydrogens (primary N) is 2. The number of benzene rings is 2. The Morgan fingerprint density at radius 3 is 1.66 bits per heavy atom. The fourth-order valence-corrected chi connectivity index (χ4v) is 3.93. The maximum Gasteiger partial charge on any atom is 0.416 e. The maximum absolute atomic E-state index is 13.4. The second-order valence-electron chi connectivity index (χ2n) is 10.4. The van der Waals surface area contributed by atoms with E-state index in [-0.39, 0.29) is 17.2 Å². The van der Waals surface area contributed by atoms with Crippen LogP contribution >= 0.6 is 0 Å². The number of halogens is 9. The summed E-state index contributed by atoms with van der Waals surface area (Å²) in [6.07, 6.45) is -9.53. The number of carbonyl (C=O) groups is 1. The van der Waals surface area contributed by atoms with Crippen LogP contribution < -0.4 is 11.6 Å². The third-order valence-corrected chi connectivity index (χ3v) is 6.15. The van der Waals surface area contributed by atoms with Gasteiger partial charge in [-0.15, -0.1) is 5.10 Å². The Morgan fingerprint density at radius 1 is 0.795 bits per heavy atom. The van der Waals surface area contributed by atoms with E-state index in [1.807, 2.05) is 0 Å². The quantitative estimate of drug-likeness (QED) is 0.0519. The van der Waals surface area contributed by atoms with Crippen LogP contribution in [0.5, 0.6) is 0 Å². The number of Topliss-reactive ketones (excluding diaryl/α,β-unsaturated/α-hetero) is 1. The smallest absolute Gasteiger partial charge is 0.368 e. The standard InChI is InChI=1S/C23H24F9N5O.C6H14/c1-12(2)19(38)18-5-4-15(21(24,25)26)8-14(18)11-37(20(33)35-36(3)34)10-13-6-16(22(27,28)29)9-17(7-13)23(30,31)32;1-3-5-6-4-2/h4-9,12H,10-11,34H2,1-3H3,(H2,33,35);3-6H2,1-2H3. The molecule has 2 aromatic rings. The zero-order valence-electron chi connectivity index (χ0n) is 25.1. The molecule has 0 aliphatic carbocycles. The molecule has 0 heterocycles. The number of guanidine groups is 1. The van der Waals surface area contributed by atoms with Crippen molar-refractivity contribution in [1.29, 1.82) is 0 Å². The number of unbranched alkanes of at least 4 members (excludes halogenated alkanes) is 3. The predicted octanol–water partition coefficient (Wildman–Crippen LogP) is 8.21. The van der Waals surface area contributed by atoms with Crippen molar-refractivity contribution in [2.45, 2.75) is 85.0 Å². The van der Waals surface area contributed by atoms with Crippen LogP contribution in [0, 0.1) is 5.92 Å². The summed E-state index contributed by atoms with van der Waals surface area (Å²) >= 11 is 0. The van der Waals surface area contributed by atoms with Gasteiger partial charge in [0.25, 0.3) is 0 Å². The highest BCUT2D eigenvalue weighted by Gasteiger charge is 2.37. The first kappa shape index (κ1) is 38.5. The van der Waals surface area contributed by atoms with Crippen LogP contribution in [0.1, 0.15) is 91.6 Å². The largest absolute Gasteiger partial charge is 0.416 e. The molecule has 0 atom stereocenters. The fourth-order valence-electron chi connectivity index (χ4n) is 3.93. The first-order valence-corrected chi connectivity index (χ1v) is 13.7. The molecule has 0 radical (unpaired) electrons. The molecule has 6 nitrogen and oxygen atoms in total. The van der Waals surface area contributed by atoms with Crippen LogP contribution in [0.2, 0.25) is 0 Å². The second-order valence-corrected chi connectivity index (χ2v) is 10.4. The SMILES string of the molecule is CC(C)C(=O)c1ccc(C(F)(F)F)cc1CN(Cc1cc(C(F)(F)F)cc(C(F)(F)F)c1)/C(N)=N/N(C)N.CCCCCC. The summed E-state index contributed by atoms with van der Waals surface area (Å²) in [5.41, 5.74) is 0.685. The van der Waals surface area contributed by atoms with E-state index in [1.165, 1.54) is 46.6 Å². The summed E-state index contributed by atoms with van der Waals surface area (Å²) in [6.45, 7) is 6.09. The lowest BCUT2D eigenvalue weighted by Gasteiger charge is -2.27. The Balaban J connectivity index is 0.00000146. The number of hydrogen-bond acceptors (Lipinski definition) is 4. The molecule has 0 bridgehead atoms. The van der Waals surface area contributed by atoms with Gasteiger partial charge in [0.15, 0.2) is 5.78 Å². The van der Waals surface area contributed by atoms with Gasteiger partial charge in [-0.05, 0) is 41.5 Å². The van der Waals surface area contributed by atoms with E-state index >= 15 is 0 Å². The van der Waals surface area contributed by atoms with E-state index in [4.69, 9.17) is 11.6 Å². The number of hydrogen-bond donors (Lipinski definition) is 2. The molecule has 2 rings (SSSR count). The van der Waals surface area contributed by atoms with E-state index in [1.54, 1.807) is 0 Å². The highest BCUT2D eigenvalue weighted by Crippen LogP contribution is 2.37. The van der Waals surface area contributed by atoms with Crippen LogP contribution in [0.15, 0.2) is 41.5 Å². The Hall–Kier alpha value is -3.49. The van der Waals surface area contributed by atoms with Gasteiger partial charge >= 0.3 is 18.5 Å². The predicted molar refractivity (Wildman–Crippen MR) is 150 cm³/mol. The summed E-state index contributed by atoms with van der Waals surface area (Å²) in [4.78, 5) is 13.6. The molecule has 0 aliphatic rings. The molecule has 0 unspecified atom stereocenters. The fraction of sp³-hybridized carbons (Fsp3) is 0.517. The van der Waals surface area contributed by atoms with E-state index in [9.17, 15) is 44.3 Å². The van der Waals surface area contributed by atoms with E-state index in [0.29, 0.717) is 29.4 Å². The molecular formula is C29H38F9N5O. The molecule has 44 heavy (non-hydrogen) atoms. The van der Waals surface area contributed by atoms with Crippen LogP contribution in [-0.4, -0.2) is 28.8 Å². The number of alkyl halides is 9. The number of rotatable bonds is 10. The summed E-state index contributed by atoms with van der Waals surface area (Å²) in [5, 5.41) is 4.36. The topological polar surface area (TPSA) is 88.0 Å². The molecule has 2 aromatic carbocycles. The van der Waals surface area contributed by atoms with Gasteiger partial charge in [0.05, 0.1) is 16.7 Å². The summed E-state index contributed by atoms with van der Waals surface area (Å²) in [6, 6.07) is 3.15. The molecule has 0 aliphatic heterocycles. The number of nitrogens with zero attached hydrogens (tertiary/aromatic N) is 3. The summed E-state index contributed by atoms with van der Waals surface area (Å²) < 4.78 is 120. The maximum atomic E-state index is 13.4. The minimum atomic E-state index is -5.13. The van der Waals surface area contributed by atoms with Gasteiger partial charge in [0.2, 0.25) is 5.96 Å². The number of carbonyl (C=O) groups excluding carboxylic acids is 1. The third-order valence-electron chi connectivity index (χ3n) is 6.15. The van der Waals surface area contributed by atoms with Gasteiger partial charge in [-0.3, -0.25) is 4.79 Å². The third kappa shape index (κ3) is 12.2. The van der Waals surface area contributed by atoms with Crippen LogP contribution in [0.25, 0.3) is 0 Å². The molecule has 248 valence electrons. The lowest BCUT2D eigenvalue weighted by Crippen LogP contribution is -2.39. The van der Waals surface area contributed by atoms with E-state index < -0.39 is 71.5 Å². The van der Waals surface area contributed by atoms with Crippen molar-refractivity contribution in [3.05, 3.63) is 69.8 Å². The minimum absolute atomic E-state index is 0.0643. The number of ketones is 1. The zero-order chi connectivity index (χ0) is 34.0. The monoisotopic (exact) mass is 643 g/mol. The molecular weight excluding hydrogens is 605 g/mol. The van der Waals surface area contributed by atoms with Crippen molar-refractivity contribution in [2.75, 3.05) is 7.05 Å². The van der Waals surface area contributed by atoms with Gasteiger partial charge in [-0.1, -0.05) is 59.4 Å². The van der Waals surface area contributed by atoms with Gasteiger partial charge in [0.1, 0.15) is 0 Å². The van der Waals surface area contributed by atoms with Crippen LogP contribution in [-0.2, 0) is 31.6 Å².